The first kappa shape index (κ1) is 6.97. The van der Waals surface area contributed by atoms with E-state index < -0.39 is 5.97 Å². The number of carboxylic acid groups (broad SMARTS) is 1. The van der Waals surface area contributed by atoms with Gasteiger partial charge in [-0.15, -0.1) is 0 Å². The molecule has 52 valence electrons. The van der Waals surface area contributed by atoms with Gasteiger partial charge in [0.05, 0.1) is 5.92 Å². The third-order valence-corrected chi connectivity index (χ3v) is 2.04. The largest absolute Gasteiger partial charge is 0.481 e. The molecule has 0 radical (unpaired) electrons. The van der Waals surface area contributed by atoms with Crippen molar-refractivity contribution in [2.24, 2.45) is 5.92 Å². The molecule has 0 aliphatic carbocycles. The third kappa shape index (κ3) is 1.63. The Labute approximate surface area is 56.3 Å². The fraction of sp³-hybridized carbons (Fsp3) is 0.800. The van der Waals surface area contributed by atoms with E-state index in [2.05, 4.69) is 9.39 Å². The van der Waals surface area contributed by atoms with Crippen LogP contribution in [-0.4, -0.2) is 28.8 Å². The molecule has 2 unspecified atom stereocenters. The molecule has 1 N–H and O–H groups in total. The number of hydrogen-bond acceptors (Lipinski definition) is 2. The fourth-order valence-electron chi connectivity index (χ4n) is 0.989. The lowest BCUT2D eigenvalue weighted by molar-refractivity contribution is -0.141. The molecule has 0 bridgehead atoms. The molecule has 0 saturated carbocycles. The Hall–Kier alpha value is -0.140. The van der Waals surface area contributed by atoms with Crippen molar-refractivity contribution in [3.05, 3.63) is 0 Å². The van der Waals surface area contributed by atoms with Crippen molar-refractivity contribution in [2.45, 2.75) is 6.42 Å². The van der Waals surface area contributed by atoms with E-state index in [9.17, 15) is 4.79 Å². The topological polar surface area (TPSA) is 40.5 Å². The van der Waals surface area contributed by atoms with Crippen molar-refractivity contribution in [2.75, 3.05) is 13.1 Å². The summed E-state index contributed by atoms with van der Waals surface area (Å²) in [5, 5.41) is 8.50. The molecular formula is C5H10NO2P. The summed E-state index contributed by atoms with van der Waals surface area (Å²) in [6.07, 6.45) is 0.791. The van der Waals surface area contributed by atoms with Crippen LogP contribution < -0.4 is 0 Å². The highest BCUT2D eigenvalue weighted by Crippen LogP contribution is 2.18. The monoisotopic (exact) mass is 147 g/mol. The van der Waals surface area contributed by atoms with E-state index in [1.165, 1.54) is 0 Å². The second kappa shape index (κ2) is 2.63. The van der Waals surface area contributed by atoms with Crippen molar-refractivity contribution in [3.63, 3.8) is 0 Å². The second-order valence-electron chi connectivity index (χ2n) is 2.32. The van der Waals surface area contributed by atoms with Gasteiger partial charge in [0, 0.05) is 13.1 Å². The van der Waals surface area contributed by atoms with Crippen LogP contribution in [0.15, 0.2) is 0 Å². The molecule has 0 aromatic carbocycles. The van der Waals surface area contributed by atoms with Crippen LogP contribution in [0, 0.1) is 5.92 Å². The number of carboxylic acids is 1. The van der Waals surface area contributed by atoms with Crippen LogP contribution in [0.3, 0.4) is 0 Å². The summed E-state index contributed by atoms with van der Waals surface area (Å²) < 4.78 is 1.96. The number of carbonyl (C=O) groups is 1. The minimum atomic E-state index is -0.667. The predicted molar refractivity (Wildman–Crippen MR) is 37.0 cm³/mol. The van der Waals surface area contributed by atoms with Gasteiger partial charge in [-0.2, -0.15) is 0 Å². The summed E-state index contributed by atoms with van der Waals surface area (Å²) in [7, 11) is 2.51. The highest BCUT2D eigenvalue weighted by atomic mass is 31.0. The minimum absolute atomic E-state index is 0.137. The van der Waals surface area contributed by atoms with Crippen LogP contribution in [0.5, 0.6) is 0 Å². The molecule has 3 nitrogen and oxygen atoms in total. The molecule has 1 rings (SSSR count). The van der Waals surface area contributed by atoms with Gasteiger partial charge in [-0.05, 0) is 6.42 Å². The van der Waals surface area contributed by atoms with Crippen molar-refractivity contribution in [1.82, 2.24) is 4.67 Å². The van der Waals surface area contributed by atoms with Crippen LogP contribution in [0.25, 0.3) is 0 Å². The van der Waals surface area contributed by atoms with Crippen molar-refractivity contribution in [1.29, 1.82) is 0 Å². The molecule has 1 heterocycles. The van der Waals surface area contributed by atoms with E-state index in [0.717, 1.165) is 13.0 Å². The highest BCUT2D eigenvalue weighted by molar-refractivity contribution is 7.13. The number of rotatable bonds is 1. The summed E-state index contributed by atoms with van der Waals surface area (Å²) in [5.41, 5.74) is 0. The Morgan fingerprint density at radius 1 is 1.78 bits per heavy atom. The summed E-state index contributed by atoms with van der Waals surface area (Å²) >= 11 is 0. The van der Waals surface area contributed by atoms with E-state index in [1.54, 1.807) is 0 Å². The SMILES string of the molecule is O=C(O)C1CCN(P)C1. The zero-order chi connectivity index (χ0) is 6.85. The maximum absolute atomic E-state index is 10.3. The van der Waals surface area contributed by atoms with E-state index in [0.29, 0.717) is 6.54 Å². The van der Waals surface area contributed by atoms with Gasteiger partial charge in [-0.1, -0.05) is 9.39 Å². The average Bonchev–Trinajstić information content (AvgIpc) is 2.14. The normalized spacial score (nSPS) is 28.8. The van der Waals surface area contributed by atoms with Gasteiger partial charge in [0.15, 0.2) is 0 Å². The molecule has 9 heavy (non-hydrogen) atoms. The minimum Gasteiger partial charge on any atom is -0.481 e. The van der Waals surface area contributed by atoms with Gasteiger partial charge in [-0.25, -0.2) is 0 Å². The van der Waals surface area contributed by atoms with Crippen LogP contribution in [0.4, 0.5) is 0 Å². The summed E-state index contributed by atoms with van der Waals surface area (Å²) in [5.74, 6) is -0.803. The first-order chi connectivity index (χ1) is 4.20. The van der Waals surface area contributed by atoms with Gasteiger partial charge in [0.1, 0.15) is 0 Å². The molecule has 0 amide bonds. The molecule has 4 heteroatoms. The third-order valence-electron chi connectivity index (χ3n) is 1.57. The number of aliphatic carboxylic acids is 1. The Bertz CT molecular complexity index is 128. The summed E-state index contributed by atoms with van der Waals surface area (Å²) in [6.45, 7) is 1.57. The van der Waals surface area contributed by atoms with Crippen molar-refractivity contribution in [3.8, 4) is 0 Å². The highest BCUT2D eigenvalue weighted by Gasteiger charge is 2.25. The molecule has 1 aliphatic heterocycles. The average molecular weight is 147 g/mol. The molecule has 0 aromatic heterocycles. The Morgan fingerprint density at radius 3 is 2.67 bits per heavy atom. The second-order valence-corrected chi connectivity index (χ2v) is 3.05. The standard InChI is InChI=1S/C5H10NO2P/c7-5(8)4-1-2-6(9)3-4/h4H,1-3,9H2,(H,7,8). The summed E-state index contributed by atoms with van der Waals surface area (Å²) in [4.78, 5) is 10.3. The zero-order valence-electron chi connectivity index (χ0n) is 5.08. The summed E-state index contributed by atoms with van der Waals surface area (Å²) in [6, 6.07) is 0. The fourth-order valence-corrected chi connectivity index (χ4v) is 1.39. The molecule has 0 spiro atoms. The van der Waals surface area contributed by atoms with Gasteiger partial charge in [0.25, 0.3) is 0 Å². The smallest absolute Gasteiger partial charge is 0.307 e. The van der Waals surface area contributed by atoms with Gasteiger partial charge < -0.3 is 5.11 Å². The maximum atomic E-state index is 10.3. The van der Waals surface area contributed by atoms with Crippen LogP contribution in [-0.2, 0) is 4.79 Å². The number of nitrogens with zero attached hydrogens (tertiary/aromatic N) is 1. The Morgan fingerprint density at radius 2 is 2.44 bits per heavy atom. The van der Waals surface area contributed by atoms with E-state index in [1.807, 2.05) is 4.67 Å². The Balaban J connectivity index is 2.39. The van der Waals surface area contributed by atoms with Gasteiger partial charge in [0.2, 0.25) is 0 Å². The first-order valence-electron chi connectivity index (χ1n) is 2.92. The first-order valence-corrected chi connectivity index (χ1v) is 3.44. The lowest BCUT2D eigenvalue weighted by atomic mass is 10.1. The molecule has 0 aromatic rings. The zero-order valence-corrected chi connectivity index (χ0v) is 6.23. The van der Waals surface area contributed by atoms with Crippen LogP contribution >= 0.6 is 9.39 Å². The van der Waals surface area contributed by atoms with Gasteiger partial charge >= 0.3 is 5.97 Å². The maximum Gasteiger partial charge on any atom is 0.307 e. The van der Waals surface area contributed by atoms with Crippen molar-refractivity contribution < 1.29 is 9.90 Å². The molecule has 1 aliphatic rings. The lowest BCUT2D eigenvalue weighted by Crippen LogP contribution is -2.15. The van der Waals surface area contributed by atoms with Crippen molar-refractivity contribution >= 4 is 15.4 Å². The number of hydrogen-bond donors (Lipinski definition) is 1. The van der Waals surface area contributed by atoms with E-state index >= 15 is 0 Å². The van der Waals surface area contributed by atoms with Crippen LogP contribution in [0.2, 0.25) is 0 Å². The van der Waals surface area contributed by atoms with E-state index in [4.69, 9.17) is 5.11 Å². The molecule has 1 fully saturated rings. The molecule has 1 saturated heterocycles. The predicted octanol–water partition coefficient (Wildman–Crippen LogP) is 0.183. The lowest BCUT2D eigenvalue weighted by Gasteiger charge is -2.04. The molecule has 2 atom stereocenters. The van der Waals surface area contributed by atoms with Gasteiger partial charge in [-0.3, -0.25) is 9.46 Å². The van der Waals surface area contributed by atoms with E-state index in [-0.39, 0.29) is 5.92 Å². The Kier molecular flexibility index (Phi) is 2.04. The molecular weight excluding hydrogens is 137 g/mol. The van der Waals surface area contributed by atoms with Crippen LogP contribution in [0.1, 0.15) is 6.42 Å². The quantitative estimate of drug-likeness (QED) is 0.538.